The van der Waals surface area contributed by atoms with Crippen molar-refractivity contribution in [3.05, 3.63) is 56.1 Å². The van der Waals surface area contributed by atoms with Crippen LogP contribution < -0.4 is 4.90 Å². The van der Waals surface area contributed by atoms with E-state index in [1.807, 2.05) is 18.2 Å². The highest BCUT2D eigenvalue weighted by Crippen LogP contribution is 2.36. The minimum absolute atomic E-state index is 0.0227. The van der Waals surface area contributed by atoms with E-state index in [9.17, 15) is 15.4 Å². The summed E-state index contributed by atoms with van der Waals surface area (Å²) in [5.74, 6) is 0. The lowest BCUT2D eigenvalue weighted by atomic mass is 10.1. The number of hydrogen-bond donors (Lipinski definition) is 0. The first-order valence-corrected chi connectivity index (χ1v) is 12.0. The van der Waals surface area contributed by atoms with E-state index in [2.05, 4.69) is 27.0 Å². The predicted molar refractivity (Wildman–Crippen MR) is 133 cm³/mol. The number of hydrogen-bond acceptors (Lipinski definition) is 7. The highest BCUT2D eigenvalue weighted by Gasteiger charge is 2.38. The number of benzene rings is 2. The molecule has 2 bridgehead atoms. The molecular weight excluding hydrogens is 477 g/mol. The van der Waals surface area contributed by atoms with Crippen LogP contribution >= 0.6 is 23.2 Å². The zero-order chi connectivity index (χ0) is 24.3. The van der Waals surface area contributed by atoms with E-state index in [0.717, 1.165) is 37.5 Å². The van der Waals surface area contributed by atoms with Crippen molar-refractivity contribution in [3.63, 3.8) is 0 Å². The fraction of sp³-hybridized carbons (Fsp3) is 0.435. The second kappa shape index (κ2) is 10.2. The van der Waals surface area contributed by atoms with Gasteiger partial charge < -0.3 is 9.38 Å². The third-order valence-corrected chi connectivity index (χ3v) is 7.42. The first-order valence-electron chi connectivity index (χ1n) is 11.3. The Labute approximate surface area is 208 Å². The van der Waals surface area contributed by atoms with E-state index in [-0.39, 0.29) is 22.0 Å². The van der Waals surface area contributed by atoms with Crippen molar-refractivity contribution in [2.45, 2.75) is 6.92 Å². The number of azo groups is 1. The van der Waals surface area contributed by atoms with Crippen LogP contribution in [0.4, 0.5) is 22.7 Å². The summed E-state index contributed by atoms with van der Waals surface area (Å²) >= 11 is 12.6. The van der Waals surface area contributed by atoms with Crippen molar-refractivity contribution in [2.75, 3.05) is 63.8 Å². The van der Waals surface area contributed by atoms with E-state index < -0.39 is 4.92 Å². The van der Waals surface area contributed by atoms with Crippen LogP contribution in [-0.2, 0) is 0 Å². The lowest BCUT2D eigenvalue weighted by molar-refractivity contribution is -0.939. The number of likely N-dealkylation sites (N-methyl/N-ethyl adjacent to an activating group) is 1. The van der Waals surface area contributed by atoms with Gasteiger partial charge in [0.25, 0.3) is 5.69 Å². The first-order chi connectivity index (χ1) is 16.3. The Balaban J connectivity index is 1.49. The summed E-state index contributed by atoms with van der Waals surface area (Å²) in [4.78, 5) is 15.3. The monoisotopic (exact) mass is 502 g/mol. The van der Waals surface area contributed by atoms with Crippen molar-refractivity contribution < 1.29 is 9.41 Å². The number of piperazine rings is 3. The fourth-order valence-electron chi connectivity index (χ4n) is 4.62. The lowest BCUT2D eigenvalue weighted by Crippen LogP contribution is -2.68. The smallest absolute Gasteiger partial charge is 0.272 e. The number of quaternary nitrogens is 1. The molecule has 178 valence electrons. The minimum Gasteiger partial charge on any atom is -0.366 e. The summed E-state index contributed by atoms with van der Waals surface area (Å²) in [6, 6.07) is 9.76. The number of halogens is 2. The van der Waals surface area contributed by atoms with Crippen molar-refractivity contribution in [3.8, 4) is 6.07 Å². The molecule has 0 N–H and O–H groups in total. The molecule has 2 aromatic rings. The highest BCUT2D eigenvalue weighted by molar-refractivity contribution is 6.33. The van der Waals surface area contributed by atoms with Gasteiger partial charge in [-0.15, -0.1) is 10.2 Å². The summed E-state index contributed by atoms with van der Waals surface area (Å²) in [6.07, 6.45) is 0. The molecule has 5 rings (SSSR count). The van der Waals surface area contributed by atoms with Gasteiger partial charge in [-0.25, -0.2) is 0 Å². The topological polar surface area (TPSA) is 98.1 Å². The molecule has 3 heterocycles. The zero-order valence-corrected chi connectivity index (χ0v) is 20.5. The molecule has 3 aliphatic heterocycles. The SMILES string of the molecule is CCN(CC[N+]12CCN(CC1)CC2)c1ccc(/N=N/c2c(Cl)cc([N+](=O)[O-])cc2C#N)c(Cl)c1. The van der Waals surface area contributed by atoms with Gasteiger partial charge in [-0.1, -0.05) is 23.2 Å². The molecule has 9 nitrogen and oxygen atoms in total. The van der Waals surface area contributed by atoms with Gasteiger partial charge in [0.05, 0.1) is 53.3 Å². The molecule has 3 fully saturated rings. The van der Waals surface area contributed by atoms with Crippen LogP contribution in [0.15, 0.2) is 40.6 Å². The van der Waals surface area contributed by atoms with Gasteiger partial charge in [-0.3, -0.25) is 15.0 Å². The zero-order valence-electron chi connectivity index (χ0n) is 19.0. The summed E-state index contributed by atoms with van der Waals surface area (Å²) in [6.45, 7) is 12.4. The van der Waals surface area contributed by atoms with Crippen molar-refractivity contribution in [1.82, 2.24) is 4.90 Å². The molecular formula is C23H26Cl2N7O2+. The first kappa shape index (κ1) is 24.4. The number of nitro benzene ring substituents is 1. The van der Waals surface area contributed by atoms with Crippen LogP contribution in [0.5, 0.6) is 0 Å². The summed E-state index contributed by atoms with van der Waals surface area (Å²) in [5.41, 5.74) is 1.21. The molecule has 0 atom stereocenters. The van der Waals surface area contributed by atoms with Crippen LogP contribution in [-0.4, -0.2) is 73.2 Å². The number of anilines is 1. The average molecular weight is 503 g/mol. The molecule has 34 heavy (non-hydrogen) atoms. The van der Waals surface area contributed by atoms with Crippen molar-refractivity contribution in [2.24, 2.45) is 10.2 Å². The Morgan fingerprint density at radius 1 is 1.15 bits per heavy atom. The molecule has 0 saturated carbocycles. The van der Waals surface area contributed by atoms with Crippen LogP contribution in [0.1, 0.15) is 12.5 Å². The van der Waals surface area contributed by atoms with E-state index in [1.54, 1.807) is 6.07 Å². The molecule has 3 aliphatic rings. The Morgan fingerprint density at radius 2 is 1.85 bits per heavy atom. The average Bonchev–Trinajstić information content (AvgIpc) is 2.85. The molecule has 0 aromatic heterocycles. The number of rotatable bonds is 8. The number of nitrogens with zero attached hydrogens (tertiary/aromatic N) is 7. The third-order valence-electron chi connectivity index (χ3n) is 6.83. The van der Waals surface area contributed by atoms with E-state index >= 15 is 0 Å². The van der Waals surface area contributed by atoms with Gasteiger partial charge in [0.15, 0.2) is 0 Å². The minimum atomic E-state index is -0.613. The van der Waals surface area contributed by atoms with E-state index in [1.165, 1.54) is 43.8 Å². The number of nitriles is 1. The summed E-state index contributed by atoms with van der Waals surface area (Å²) in [5, 5.41) is 29.0. The maximum absolute atomic E-state index is 11.0. The quantitative estimate of drug-likeness (QED) is 0.215. The molecule has 0 aliphatic carbocycles. The van der Waals surface area contributed by atoms with Gasteiger partial charge in [-0.05, 0) is 25.1 Å². The van der Waals surface area contributed by atoms with Crippen molar-refractivity contribution >= 4 is 46.0 Å². The highest BCUT2D eigenvalue weighted by atomic mass is 35.5. The number of fused-ring (bicyclic) bond motifs is 3. The normalized spacial score (nSPS) is 21.5. The van der Waals surface area contributed by atoms with Crippen LogP contribution in [0.2, 0.25) is 10.0 Å². The molecule has 2 aromatic carbocycles. The lowest BCUT2D eigenvalue weighted by Gasteiger charge is -2.51. The maximum Gasteiger partial charge on any atom is 0.272 e. The van der Waals surface area contributed by atoms with Crippen LogP contribution in [0, 0.1) is 21.4 Å². The maximum atomic E-state index is 11.0. The standard InChI is InChI=1S/C23H26Cl2N7O2/c1-2-30(8-12-32-9-5-29(6-10-32)7-11-32)18-3-4-22(20(24)14-18)27-28-23-17(16-26)13-19(31(33)34)15-21(23)25/h3-4,13-15H,2,5-12H2,1H3/q+1/b28-27+. The van der Waals surface area contributed by atoms with Gasteiger partial charge in [0.2, 0.25) is 0 Å². The third kappa shape index (κ3) is 5.15. The van der Waals surface area contributed by atoms with Crippen LogP contribution in [0.25, 0.3) is 0 Å². The molecule has 0 amide bonds. The Bertz CT molecular complexity index is 1140. The second-order valence-corrected chi connectivity index (χ2v) is 9.50. The van der Waals surface area contributed by atoms with E-state index in [0.29, 0.717) is 10.7 Å². The molecule has 0 radical (unpaired) electrons. The largest absolute Gasteiger partial charge is 0.366 e. The Morgan fingerprint density at radius 3 is 2.44 bits per heavy atom. The van der Waals surface area contributed by atoms with Gasteiger partial charge in [0, 0.05) is 44.0 Å². The van der Waals surface area contributed by atoms with Crippen LogP contribution in [0.3, 0.4) is 0 Å². The van der Waals surface area contributed by atoms with Gasteiger partial charge >= 0.3 is 0 Å². The molecule has 3 saturated heterocycles. The van der Waals surface area contributed by atoms with Gasteiger partial charge in [-0.2, -0.15) is 5.26 Å². The molecule has 0 unspecified atom stereocenters. The van der Waals surface area contributed by atoms with E-state index in [4.69, 9.17) is 23.2 Å². The predicted octanol–water partition coefficient (Wildman–Crippen LogP) is 5.16. The van der Waals surface area contributed by atoms with Gasteiger partial charge in [0.1, 0.15) is 17.4 Å². The molecule has 11 heteroatoms. The Hall–Kier alpha value is -2.77. The summed E-state index contributed by atoms with van der Waals surface area (Å²) < 4.78 is 1.20. The fourth-order valence-corrected chi connectivity index (χ4v) is 5.09. The summed E-state index contributed by atoms with van der Waals surface area (Å²) in [7, 11) is 0. The van der Waals surface area contributed by atoms with Crippen molar-refractivity contribution in [1.29, 1.82) is 5.26 Å². The second-order valence-electron chi connectivity index (χ2n) is 8.69. The number of non-ortho nitro benzene ring substituents is 1. The molecule has 0 spiro atoms. The number of nitro groups is 1. The Kier molecular flexibility index (Phi) is 7.33.